The van der Waals surface area contributed by atoms with E-state index >= 15 is 0 Å². The van der Waals surface area contributed by atoms with Gasteiger partial charge in [-0.25, -0.2) is 0 Å². The first-order chi connectivity index (χ1) is 9.56. The molecule has 0 spiro atoms. The molecule has 0 aliphatic rings. The molecule has 1 atom stereocenters. The lowest BCUT2D eigenvalue weighted by Crippen LogP contribution is -2.27. The molecule has 0 aliphatic heterocycles. The highest BCUT2D eigenvalue weighted by Crippen LogP contribution is 2.24. The van der Waals surface area contributed by atoms with E-state index in [0.29, 0.717) is 25.7 Å². The van der Waals surface area contributed by atoms with Gasteiger partial charge in [-0.05, 0) is 24.5 Å². The van der Waals surface area contributed by atoms with Gasteiger partial charge in [-0.1, -0.05) is 43.6 Å². The Kier molecular flexibility index (Phi) is 7.59. The van der Waals surface area contributed by atoms with Crippen LogP contribution in [0.3, 0.4) is 0 Å². The minimum atomic E-state index is -1.02. The minimum absolute atomic E-state index is 0.293. The van der Waals surface area contributed by atoms with Gasteiger partial charge in [0.1, 0.15) is 0 Å². The van der Waals surface area contributed by atoms with Crippen LogP contribution >= 0.6 is 11.6 Å². The molecule has 0 saturated heterocycles. The summed E-state index contributed by atoms with van der Waals surface area (Å²) in [7, 11) is 0. The predicted molar refractivity (Wildman–Crippen MR) is 81.2 cm³/mol. The number of nitrogens with one attached hydrogen (secondary N) is 1. The van der Waals surface area contributed by atoms with Gasteiger partial charge >= 0.3 is 0 Å². The Balaban J connectivity index is 2.53. The van der Waals surface area contributed by atoms with Crippen LogP contribution in [-0.4, -0.2) is 31.3 Å². The summed E-state index contributed by atoms with van der Waals surface area (Å²) in [6.07, 6.45) is 0. The average Bonchev–Trinajstić information content (AvgIpc) is 2.43. The van der Waals surface area contributed by atoms with Crippen LogP contribution in [0, 0.1) is 0 Å². The maximum absolute atomic E-state index is 11.9. The number of anilines is 1. The second-order valence-corrected chi connectivity index (χ2v) is 5.01. The van der Waals surface area contributed by atoms with E-state index in [1.165, 1.54) is 0 Å². The normalized spacial score (nSPS) is 12.4. The number of alkyl halides is 1. The van der Waals surface area contributed by atoms with Crippen LogP contribution in [0.2, 0.25) is 0 Å². The van der Waals surface area contributed by atoms with Crippen LogP contribution in [0.15, 0.2) is 24.3 Å². The van der Waals surface area contributed by atoms with Crippen LogP contribution in [0.5, 0.6) is 0 Å². The third-order valence-corrected chi connectivity index (χ3v) is 3.07. The molecule has 0 fully saturated rings. The van der Waals surface area contributed by atoms with Crippen molar-refractivity contribution in [1.29, 1.82) is 0 Å². The Morgan fingerprint density at radius 2 is 2.00 bits per heavy atom. The van der Waals surface area contributed by atoms with Crippen molar-refractivity contribution in [2.75, 3.05) is 25.1 Å². The highest BCUT2D eigenvalue weighted by atomic mass is 35.5. The van der Waals surface area contributed by atoms with Crippen LogP contribution in [0.1, 0.15) is 32.3 Å². The van der Waals surface area contributed by atoms with Gasteiger partial charge in [-0.2, -0.15) is 0 Å². The molecule has 20 heavy (non-hydrogen) atoms. The topological polar surface area (TPSA) is 47.6 Å². The standard InChI is InChI=1S/C15H22ClNO3/c1-4-19-9-10-20-14(16)15(18)17-13-8-6-5-7-12(13)11(2)3/h5-8,11,14H,4,9-10H2,1-3H3,(H,17,18). The van der Waals surface area contributed by atoms with Crippen molar-refractivity contribution in [3.63, 3.8) is 0 Å². The summed E-state index contributed by atoms with van der Waals surface area (Å²) in [6, 6.07) is 7.67. The number of rotatable bonds is 8. The van der Waals surface area contributed by atoms with Crippen molar-refractivity contribution in [3.8, 4) is 0 Å². The van der Waals surface area contributed by atoms with Crippen molar-refractivity contribution in [1.82, 2.24) is 0 Å². The second-order valence-electron chi connectivity index (χ2n) is 4.61. The Labute approximate surface area is 125 Å². The van der Waals surface area contributed by atoms with Crippen molar-refractivity contribution in [2.24, 2.45) is 0 Å². The maximum atomic E-state index is 11.9. The molecule has 0 radical (unpaired) electrons. The number of benzene rings is 1. The largest absolute Gasteiger partial charge is 0.379 e. The van der Waals surface area contributed by atoms with Gasteiger partial charge in [0.05, 0.1) is 13.2 Å². The zero-order valence-corrected chi connectivity index (χ0v) is 12.9. The zero-order valence-electron chi connectivity index (χ0n) is 12.2. The quantitative estimate of drug-likeness (QED) is 0.591. The van der Waals surface area contributed by atoms with Gasteiger partial charge in [-0.15, -0.1) is 0 Å². The van der Waals surface area contributed by atoms with E-state index in [-0.39, 0.29) is 5.91 Å². The summed E-state index contributed by atoms with van der Waals surface area (Å²) in [4.78, 5) is 11.9. The number of ether oxygens (including phenoxy) is 2. The van der Waals surface area contributed by atoms with E-state index < -0.39 is 5.56 Å². The molecule has 1 N–H and O–H groups in total. The minimum Gasteiger partial charge on any atom is -0.379 e. The third kappa shape index (κ3) is 5.49. The van der Waals surface area contributed by atoms with Gasteiger partial charge in [0, 0.05) is 12.3 Å². The molecule has 1 aromatic rings. The van der Waals surface area contributed by atoms with Crippen molar-refractivity contribution < 1.29 is 14.3 Å². The Bertz CT molecular complexity index is 423. The fourth-order valence-electron chi connectivity index (χ4n) is 1.73. The summed E-state index contributed by atoms with van der Waals surface area (Å²) >= 11 is 5.90. The van der Waals surface area contributed by atoms with E-state index in [9.17, 15) is 4.79 Å². The lowest BCUT2D eigenvalue weighted by atomic mass is 10.0. The Morgan fingerprint density at radius 3 is 2.65 bits per heavy atom. The number of amides is 1. The molecule has 1 aromatic carbocycles. The molecule has 0 aromatic heterocycles. The predicted octanol–water partition coefficient (Wildman–Crippen LogP) is 3.37. The molecule has 0 heterocycles. The van der Waals surface area contributed by atoms with Crippen LogP contribution in [-0.2, 0) is 14.3 Å². The number of hydrogen-bond donors (Lipinski definition) is 1. The third-order valence-electron chi connectivity index (χ3n) is 2.74. The van der Waals surface area contributed by atoms with E-state index in [1.54, 1.807) is 0 Å². The molecule has 5 heteroatoms. The van der Waals surface area contributed by atoms with Gasteiger partial charge < -0.3 is 14.8 Å². The molecule has 112 valence electrons. The Morgan fingerprint density at radius 1 is 1.30 bits per heavy atom. The first-order valence-corrected chi connectivity index (χ1v) is 7.23. The number of carbonyl (C=O) groups excluding carboxylic acids is 1. The highest BCUT2D eigenvalue weighted by molar-refractivity contribution is 6.31. The smallest absolute Gasteiger partial charge is 0.269 e. The van der Waals surface area contributed by atoms with Crippen molar-refractivity contribution >= 4 is 23.2 Å². The van der Waals surface area contributed by atoms with E-state index in [1.807, 2.05) is 31.2 Å². The molecule has 1 rings (SSSR count). The van der Waals surface area contributed by atoms with Gasteiger partial charge in [0.2, 0.25) is 5.56 Å². The monoisotopic (exact) mass is 299 g/mol. The summed E-state index contributed by atoms with van der Waals surface area (Å²) in [5.41, 5.74) is 0.821. The maximum Gasteiger partial charge on any atom is 0.269 e. The summed E-state index contributed by atoms with van der Waals surface area (Å²) < 4.78 is 10.3. The molecule has 0 bridgehead atoms. The number of halogens is 1. The van der Waals surface area contributed by atoms with Crippen LogP contribution < -0.4 is 5.32 Å². The molecule has 0 saturated carbocycles. The van der Waals surface area contributed by atoms with Gasteiger partial charge in [-0.3, -0.25) is 4.79 Å². The number of carbonyl (C=O) groups is 1. The SMILES string of the molecule is CCOCCOC(Cl)C(=O)Nc1ccccc1C(C)C. The fourth-order valence-corrected chi connectivity index (χ4v) is 1.88. The fraction of sp³-hybridized carbons (Fsp3) is 0.533. The molecule has 4 nitrogen and oxygen atoms in total. The average molecular weight is 300 g/mol. The molecule has 1 amide bonds. The van der Waals surface area contributed by atoms with Crippen LogP contribution in [0.25, 0.3) is 0 Å². The summed E-state index contributed by atoms with van der Waals surface area (Å²) in [5.74, 6) is -0.0459. The number of hydrogen-bond acceptors (Lipinski definition) is 3. The summed E-state index contributed by atoms with van der Waals surface area (Å²) in [5, 5.41) is 2.80. The molecule has 1 unspecified atom stereocenters. The van der Waals surface area contributed by atoms with Gasteiger partial charge in [0.25, 0.3) is 5.91 Å². The highest BCUT2D eigenvalue weighted by Gasteiger charge is 2.17. The van der Waals surface area contributed by atoms with Crippen molar-refractivity contribution in [3.05, 3.63) is 29.8 Å². The molecular weight excluding hydrogens is 278 g/mol. The molecular formula is C15H22ClNO3. The zero-order chi connectivity index (χ0) is 15.0. The van der Waals surface area contributed by atoms with Crippen LogP contribution in [0.4, 0.5) is 5.69 Å². The first kappa shape index (κ1) is 17.0. The lowest BCUT2D eigenvalue weighted by molar-refractivity contribution is -0.123. The lowest BCUT2D eigenvalue weighted by Gasteiger charge is -2.16. The summed E-state index contributed by atoms with van der Waals surface area (Å²) in [6.45, 7) is 7.37. The van der Waals surface area contributed by atoms with Crippen molar-refractivity contribution in [2.45, 2.75) is 32.3 Å². The Hall–Kier alpha value is -1.10. The van der Waals surface area contributed by atoms with E-state index in [4.69, 9.17) is 21.1 Å². The van der Waals surface area contributed by atoms with Gasteiger partial charge in [0.15, 0.2) is 0 Å². The number of para-hydroxylation sites is 1. The first-order valence-electron chi connectivity index (χ1n) is 6.79. The molecule has 0 aliphatic carbocycles. The second kappa shape index (κ2) is 8.95. The van der Waals surface area contributed by atoms with E-state index in [0.717, 1.165) is 11.3 Å². The van der Waals surface area contributed by atoms with E-state index in [2.05, 4.69) is 19.2 Å².